The maximum atomic E-state index is 13.1. The molecule has 2 atom stereocenters. The SMILES string of the molecule is C[C@H](NCC(O)c1ccc(F)c(F)c1)c1cccc(Br)c1. The molecule has 2 nitrogen and oxygen atoms in total. The molecule has 5 heteroatoms. The van der Waals surface area contributed by atoms with E-state index in [1.165, 1.54) is 6.07 Å². The van der Waals surface area contributed by atoms with Gasteiger partial charge in [0.05, 0.1) is 6.10 Å². The van der Waals surface area contributed by atoms with Crippen molar-refractivity contribution in [3.63, 3.8) is 0 Å². The van der Waals surface area contributed by atoms with Crippen LogP contribution in [0.1, 0.15) is 30.2 Å². The fourth-order valence-electron chi connectivity index (χ4n) is 2.02. The zero-order chi connectivity index (χ0) is 15.4. The summed E-state index contributed by atoms with van der Waals surface area (Å²) in [6.45, 7) is 2.22. The van der Waals surface area contributed by atoms with Gasteiger partial charge < -0.3 is 10.4 Å². The second-order valence-electron chi connectivity index (χ2n) is 4.87. The number of aliphatic hydroxyl groups is 1. The third kappa shape index (κ3) is 4.33. The number of hydrogen-bond acceptors (Lipinski definition) is 2. The summed E-state index contributed by atoms with van der Waals surface area (Å²) < 4.78 is 27.0. The Hall–Kier alpha value is -1.30. The van der Waals surface area contributed by atoms with Gasteiger partial charge in [0.25, 0.3) is 0 Å². The van der Waals surface area contributed by atoms with Gasteiger partial charge in [-0.05, 0) is 42.3 Å². The predicted octanol–water partition coefficient (Wildman–Crippen LogP) is 4.11. The first kappa shape index (κ1) is 16.1. The molecule has 2 aromatic carbocycles. The van der Waals surface area contributed by atoms with Crippen molar-refractivity contribution in [2.45, 2.75) is 19.1 Å². The summed E-state index contributed by atoms with van der Waals surface area (Å²) in [7, 11) is 0. The van der Waals surface area contributed by atoms with Crippen molar-refractivity contribution in [2.75, 3.05) is 6.54 Å². The zero-order valence-electron chi connectivity index (χ0n) is 11.5. The molecule has 0 aliphatic rings. The lowest BCUT2D eigenvalue weighted by Gasteiger charge is -2.18. The van der Waals surface area contributed by atoms with E-state index in [2.05, 4.69) is 21.2 Å². The summed E-state index contributed by atoms with van der Waals surface area (Å²) in [5, 5.41) is 13.2. The first-order valence-electron chi connectivity index (χ1n) is 6.59. The van der Waals surface area contributed by atoms with Crippen LogP contribution in [0.4, 0.5) is 8.78 Å². The van der Waals surface area contributed by atoms with Crippen LogP contribution >= 0.6 is 15.9 Å². The Morgan fingerprint density at radius 2 is 1.86 bits per heavy atom. The maximum absolute atomic E-state index is 13.1. The minimum absolute atomic E-state index is 0.0300. The molecular weight excluding hydrogens is 340 g/mol. The Morgan fingerprint density at radius 3 is 2.52 bits per heavy atom. The first-order valence-corrected chi connectivity index (χ1v) is 7.38. The molecule has 2 aromatic rings. The fraction of sp³-hybridized carbons (Fsp3) is 0.250. The van der Waals surface area contributed by atoms with Crippen molar-refractivity contribution in [3.05, 3.63) is 69.7 Å². The molecule has 0 aliphatic carbocycles. The summed E-state index contributed by atoms with van der Waals surface area (Å²) in [5.41, 5.74) is 1.42. The average molecular weight is 356 g/mol. The van der Waals surface area contributed by atoms with E-state index >= 15 is 0 Å². The molecule has 2 rings (SSSR count). The summed E-state index contributed by atoms with van der Waals surface area (Å²) in [6.07, 6.45) is -0.894. The van der Waals surface area contributed by atoms with Gasteiger partial charge in [-0.25, -0.2) is 8.78 Å². The Balaban J connectivity index is 1.97. The molecule has 0 heterocycles. The van der Waals surface area contributed by atoms with Crippen LogP contribution in [0.5, 0.6) is 0 Å². The third-order valence-corrected chi connectivity index (χ3v) is 3.79. The number of hydrogen-bond donors (Lipinski definition) is 2. The Labute approximate surface area is 130 Å². The monoisotopic (exact) mass is 355 g/mol. The molecule has 0 radical (unpaired) electrons. The van der Waals surface area contributed by atoms with E-state index in [0.29, 0.717) is 5.56 Å². The van der Waals surface area contributed by atoms with E-state index in [4.69, 9.17) is 0 Å². The van der Waals surface area contributed by atoms with Crippen LogP contribution in [-0.2, 0) is 0 Å². The summed E-state index contributed by atoms with van der Waals surface area (Å²) >= 11 is 3.41. The van der Waals surface area contributed by atoms with Crippen molar-refractivity contribution in [1.82, 2.24) is 5.32 Å². The molecular formula is C16H16BrF2NO. The standard InChI is InChI=1S/C16H16BrF2NO/c1-10(11-3-2-4-13(17)7-11)20-9-16(21)12-5-6-14(18)15(19)8-12/h2-8,10,16,20-21H,9H2,1H3/t10-,16?/m0/s1. The zero-order valence-corrected chi connectivity index (χ0v) is 13.1. The van der Waals surface area contributed by atoms with Crippen LogP contribution in [0, 0.1) is 11.6 Å². The highest BCUT2D eigenvalue weighted by molar-refractivity contribution is 9.10. The molecule has 1 unspecified atom stereocenters. The van der Waals surface area contributed by atoms with Gasteiger partial charge in [-0.3, -0.25) is 0 Å². The van der Waals surface area contributed by atoms with E-state index in [-0.39, 0.29) is 12.6 Å². The Morgan fingerprint density at radius 1 is 1.10 bits per heavy atom. The number of halogens is 3. The summed E-state index contributed by atoms with van der Waals surface area (Å²) in [6, 6.07) is 11.3. The summed E-state index contributed by atoms with van der Waals surface area (Å²) in [5.74, 6) is -1.87. The average Bonchev–Trinajstić information content (AvgIpc) is 2.47. The van der Waals surface area contributed by atoms with Crippen LogP contribution in [-0.4, -0.2) is 11.7 Å². The summed E-state index contributed by atoms with van der Waals surface area (Å²) in [4.78, 5) is 0. The van der Waals surface area contributed by atoms with E-state index in [1.807, 2.05) is 31.2 Å². The normalized spacial score (nSPS) is 14.0. The van der Waals surface area contributed by atoms with Crippen LogP contribution in [0.2, 0.25) is 0 Å². The third-order valence-electron chi connectivity index (χ3n) is 3.29. The molecule has 0 bridgehead atoms. The van der Waals surface area contributed by atoms with Crippen molar-refractivity contribution in [3.8, 4) is 0 Å². The molecule has 2 N–H and O–H groups in total. The smallest absolute Gasteiger partial charge is 0.159 e. The van der Waals surface area contributed by atoms with Gasteiger partial charge in [0, 0.05) is 17.1 Å². The molecule has 0 aliphatic heterocycles. The maximum Gasteiger partial charge on any atom is 0.159 e. The van der Waals surface area contributed by atoms with Crippen LogP contribution in [0.25, 0.3) is 0 Å². The quantitative estimate of drug-likeness (QED) is 0.845. The Bertz CT molecular complexity index is 621. The van der Waals surface area contributed by atoms with E-state index in [0.717, 1.165) is 22.2 Å². The fourth-order valence-corrected chi connectivity index (χ4v) is 2.44. The van der Waals surface area contributed by atoms with Gasteiger partial charge in [0.2, 0.25) is 0 Å². The number of nitrogens with one attached hydrogen (secondary N) is 1. The molecule has 0 amide bonds. The van der Waals surface area contributed by atoms with Crippen LogP contribution in [0.15, 0.2) is 46.9 Å². The molecule has 0 aromatic heterocycles. The van der Waals surface area contributed by atoms with Gasteiger partial charge in [-0.15, -0.1) is 0 Å². The van der Waals surface area contributed by atoms with Crippen molar-refractivity contribution in [1.29, 1.82) is 0 Å². The highest BCUT2D eigenvalue weighted by Crippen LogP contribution is 2.20. The lowest BCUT2D eigenvalue weighted by molar-refractivity contribution is 0.170. The van der Waals surface area contributed by atoms with Crippen LogP contribution in [0.3, 0.4) is 0 Å². The van der Waals surface area contributed by atoms with Crippen molar-refractivity contribution < 1.29 is 13.9 Å². The molecule has 0 saturated heterocycles. The lowest BCUT2D eigenvalue weighted by Crippen LogP contribution is -2.24. The minimum atomic E-state index is -0.952. The molecule has 21 heavy (non-hydrogen) atoms. The molecule has 0 fully saturated rings. The molecule has 0 saturated carbocycles. The number of aliphatic hydroxyl groups excluding tert-OH is 1. The highest BCUT2D eigenvalue weighted by Gasteiger charge is 2.13. The highest BCUT2D eigenvalue weighted by atomic mass is 79.9. The van der Waals surface area contributed by atoms with E-state index in [1.54, 1.807) is 0 Å². The predicted molar refractivity (Wildman–Crippen MR) is 81.9 cm³/mol. The van der Waals surface area contributed by atoms with Crippen LogP contribution < -0.4 is 5.32 Å². The lowest BCUT2D eigenvalue weighted by atomic mass is 10.1. The second-order valence-corrected chi connectivity index (χ2v) is 5.79. The Kier molecular flexibility index (Phi) is 5.45. The molecule has 0 spiro atoms. The van der Waals surface area contributed by atoms with Gasteiger partial charge in [0.15, 0.2) is 11.6 Å². The van der Waals surface area contributed by atoms with E-state index in [9.17, 15) is 13.9 Å². The largest absolute Gasteiger partial charge is 0.387 e. The second kappa shape index (κ2) is 7.11. The first-order chi connectivity index (χ1) is 9.97. The van der Waals surface area contributed by atoms with Gasteiger partial charge in [-0.2, -0.15) is 0 Å². The van der Waals surface area contributed by atoms with Gasteiger partial charge in [0.1, 0.15) is 0 Å². The van der Waals surface area contributed by atoms with E-state index < -0.39 is 17.7 Å². The van der Waals surface area contributed by atoms with Gasteiger partial charge >= 0.3 is 0 Å². The van der Waals surface area contributed by atoms with Crippen molar-refractivity contribution in [2.24, 2.45) is 0 Å². The number of benzene rings is 2. The number of rotatable bonds is 5. The molecule has 112 valence electrons. The minimum Gasteiger partial charge on any atom is -0.387 e. The van der Waals surface area contributed by atoms with Gasteiger partial charge in [-0.1, -0.05) is 34.1 Å². The topological polar surface area (TPSA) is 32.3 Å². The van der Waals surface area contributed by atoms with Crippen molar-refractivity contribution >= 4 is 15.9 Å².